The first-order valence-corrected chi connectivity index (χ1v) is 4.08. The van der Waals surface area contributed by atoms with Crippen molar-refractivity contribution >= 4 is 17.5 Å². The molecule has 1 rings (SSSR count). The zero-order valence-electron chi connectivity index (χ0n) is 7.43. The van der Waals surface area contributed by atoms with Crippen LogP contribution in [0.25, 0.3) is 0 Å². The zero-order valence-corrected chi connectivity index (χ0v) is 8.18. The molecule has 3 nitrogen and oxygen atoms in total. The summed E-state index contributed by atoms with van der Waals surface area (Å²) in [6, 6.07) is 3.44. The number of primary amides is 1. The minimum atomic E-state index is -0.540. The number of carbonyl (C=O) groups excluding carboxylic acids is 1. The average molecular weight is 200 g/mol. The SMILES string of the molecule is COc1ccc(C)c(C(N)=O)c1Cl. The number of hydrogen-bond acceptors (Lipinski definition) is 2. The van der Waals surface area contributed by atoms with Crippen molar-refractivity contribution in [1.29, 1.82) is 0 Å². The van der Waals surface area contributed by atoms with Crippen LogP contribution in [-0.2, 0) is 0 Å². The van der Waals surface area contributed by atoms with Gasteiger partial charge in [0.05, 0.1) is 17.7 Å². The molecule has 70 valence electrons. The molecule has 0 aliphatic carbocycles. The number of nitrogens with two attached hydrogens (primary N) is 1. The molecule has 1 aromatic rings. The van der Waals surface area contributed by atoms with E-state index in [4.69, 9.17) is 22.1 Å². The number of benzene rings is 1. The van der Waals surface area contributed by atoms with Gasteiger partial charge in [0.25, 0.3) is 5.91 Å². The van der Waals surface area contributed by atoms with Gasteiger partial charge in [-0.2, -0.15) is 0 Å². The Morgan fingerprint density at radius 3 is 2.62 bits per heavy atom. The molecule has 0 bridgehead atoms. The number of hydrogen-bond donors (Lipinski definition) is 1. The van der Waals surface area contributed by atoms with Gasteiger partial charge in [0, 0.05) is 0 Å². The number of ether oxygens (including phenoxy) is 1. The van der Waals surface area contributed by atoms with Gasteiger partial charge in [-0.3, -0.25) is 4.79 Å². The molecule has 0 aliphatic heterocycles. The molecule has 0 saturated carbocycles. The first-order chi connectivity index (χ1) is 6.07. The maximum Gasteiger partial charge on any atom is 0.250 e. The molecule has 0 atom stereocenters. The maximum atomic E-state index is 11.0. The minimum absolute atomic E-state index is 0.273. The van der Waals surface area contributed by atoms with Gasteiger partial charge < -0.3 is 10.5 Å². The summed E-state index contributed by atoms with van der Waals surface area (Å²) in [7, 11) is 1.49. The summed E-state index contributed by atoms with van der Waals surface area (Å²) < 4.78 is 4.95. The molecule has 0 saturated heterocycles. The Hall–Kier alpha value is -1.22. The third-order valence-corrected chi connectivity index (χ3v) is 2.16. The molecule has 2 N–H and O–H groups in total. The predicted octanol–water partition coefficient (Wildman–Crippen LogP) is 1.76. The van der Waals surface area contributed by atoms with E-state index in [1.807, 2.05) is 0 Å². The van der Waals surface area contributed by atoms with Crippen LogP contribution in [0.4, 0.5) is 0 Å². The molecular formula is C9H10ClNO2. The van der Waals surface area contributed by atoms with E-state index in [2.05, 4.69) is 0 Å². The monoisotopic (exact) mass is 199 g/mol. The Morgan fingerprint density at radius 1 is 1.54 bits per heavy atom. The molecule has 0 spiro atoms. The molecule has 13 heavy (non-hydrogen) atoms. The quantitative estimate of drug-likeness (QED) is 0.789. The number of carbonyl (C=O) groups is 1. The van der Waals surface area contributed by atoms with Gasteiger partial charge >= 0.3 is 0 Å². The lowest BCUT2D eigenvalue weighted by molar-refractivity contribution is 0.0999. The van der Waals surface area contributed by atoms with E-state index in [1.165, 1.54) is 7.11 Å². The van der Waals surface area contributed by atoms with Crippen molar-refractivity contribution in [2.45, 2.75) is 6.92 Å². The van der Waals surface area contributed by atoms with Crippen LogP contribution < -0.4 is 10.5 Å². The van der Waals surface area contributed by atoms with Gasteiger partial charge in [-0.1, -0.05) is 17.7 Å². The third-order valence-electron chi connectivity index (χ3n) is 1.78. The molecule has 0 aliphatic rings. The summed E-state index contributed by atoms with van der Waals surface area (Å²) in [5.41, 5.74) is 6.23. The maximum absolute atomic E-state index is 11.0. The Bertz CT molecular complexity index is 350. The fourth-order valence-electron chi connectivity index (χ4n) is 1.11. The van der Waals surface area contributed by atoms with Crippen molar-refractivity contribution < 1.29 is 9.53 Å². The normalized spacial score (nSPS) is 9.77. The number of methoxy groups -OCH3 is 1. The van der Waals surface area contributed by atoms with Crippen LogP contribution in [0.2, 0.25) is 5.02 Å². The highest BCUT2D eigenvalue weighted by Crippen LogP contribution is 2.29. The van der Waals surface area contributed by atoms with Crippen LogP contribution in [0.15, 0.2) is 12.1 Å². The average Bonchev–Trinajstić information content (AvgIpc) is 2.04. The molecule has 0 aromatic heterocycles. The highest BCUT2D eigenvalue weighted by Gasteiger charge is 2.13. The summed E-state index contributed by atoms with van der Waals surface area (Å²) in [6.07, 6.45) is 0. The van der Waals surface area contributed by atoms with Gasteiger partial charge in [0.15, 0.2) is 0 Å². The Morgan fingerprint density at radius 2 is 2.15 bits per heavy atom. The van der Waals surface area contributed by atoms with Crippen LogP contribution in [0.1, 0.15) is 15.9 Å². The highest BCUT2D eigenvalue weighted by atomic mass is 35.5. The highest BCUT2D eigenvalue weighted by molar-refractivity contribution is 6.35. The standard InChI is InChI=1S/C9H10ClNO2/c1-5-3-4-6(13-2)8(10)7(5)9(11)12/h3-4H,1-2H3,(H2,11,12). The van der Waals surface area contributed by atoms with Crippen LogP contribution in [0, 0.1) is 6.92 Å². The topological polar surface area (TPSA) is 52.3 Å². The van der Waals surface area contributed by atoms with Crippen molar-refractivity contribution in [3.63, 3.8) is 0 Å². The number of halogens is 1. The van der Waals surface area contributed by atoms with Gasteiger partial charge in [-0.25, -0.2) is 0 Å². The lowest BCUT2D eigenvalue weighted by Crippen LogP contribution is -2.13. The van der Waals surface area contributed by atoms with Crippen LogP contribution >= 0.6 is 11.6 Å². The number of aryl methyl sites for hydroxylation is 1. The molecule has 4 heteroatoms. The molecule has 0 fully saturated rings. The van der Waals surface area contributed by atoms with E-state index < -0.39 is 5.91 Å². The van der Waals surface area contributed by atoms with E-state index in [1.54, 1.807) is 19.1 Å². The van der Waals surface area contributed by atoms with Crippen molar-refractivity contribution in [3.8, 4) is 5.75 Å². The second-order valence-electron chi connectivity index (χ2n) is 2.64. The lowest BCUT2D eigenvalue weighted by atomic mass is 10.1. The summed E-state index contributed by atoms with van der Waals surface area (Å²) in [5, 5.41) is 0.273. The Balaban J connectivity index is 3.38. The van der Waals surface area contributed by atoms with Gasteiger partial charge in [-0.15, -0.1) is 0 Å². The number of rotatable bonds is 2. The van der Waals surface area contributed by atoms with E-state index in [0.29, 0.717) is 11.3 Å². The fraction of sp³-hybridized carbons (Fsp3) is 0.222. The van der Waals surface area contributed by atoms with E-state index in [-0.39, 0.29) is 5.02 Å². The van der Waals surface area contributed by atoms with Gasteiger partial charge in [-0.05, 0) is 18.6 Å². The van der Waals surface area contributed by atoms with E-state index >= 15 is 0 Å². The van der Waals surface area contributed by atoms with E-state index in [0.717, 1.165) is 5.56 Å². The van der Waals surface area contributed by atoms with Crippen LogP contribution in [0.5, 0.6) is 5.75 Å². The summed E-state index contributed by atoms with van der Waals surface area (Å²) in [6.45, 7) is 1.77. The predicted molar refractivity (Wildman–Crippen MR) is 51.3 cm³/mol. The van der Waals surface area contributed by atoms with Crippen molar-refractivity contribution in [2.24, 2.45) is 5.73 Å². The third kappa shape index (κ3) is 1.75. The van der Waals surface area contributed by atoms with Crippen LogP contribution in [0.3, 0.4) is 0 Å². The van der Waals surface area contributed by atoms with Crippen molar-refractivity contribution in [2.75, 3.05) is 7.11 Å². The molecule has 1 amide bonds. The minimum Gasteiger partial charge on any atom is -0.495 e. The fourth-order valence-corrected chi connectivity index (χ4v) is 1.50. The van der Waals surface area contributed by atoms with Crippen molar-refractivity contribution in [3.05, 3.63) is 28.3 Å². The Labute approximate surface area is 81.4 Å². The number of amides is 1. The molecule has 1 aromatic carbocycles. The zero-order chi connectivity index (χ0) is 10.0. The summed E-state index contributed by atoms with van der Waals surface area (Å²) in [5.74, 6) is -0.0810. The lowest BCUT2D eigenvalue weighted by Gasteiger charge is -2.08. The molecular weight excluding hydrogens is 190 g/mol. The second kappa shape index (κ2) is 3.66. The van der Waals surface area contributed by atoms with Crippen LogP contribution in [-0.4, -0.2) is 13.0 Å². The first-order valence-electron chi connectivity index (χ1n) is 3.70. The molecule has 0 unspecified atom stereocenters. The smallest absolute Gasteiger partial charge is 0.250 e. The first kappa shape index (κ1) is 9.86. The summed E-state index contributed by atoms with van der Waals surface area (Å²) in [4.78, 5) is 11.0. The molecule has 0 radical (unpaired) electrons. The van der Waals surface area contributed by atoms with Gasteiger partial charge in [0.1, 0.15) is 5.75 Å². The second-order valence-corrected chi connectivity index (χ2v) is 3.02. The molecule has 0 heterocycles. The Kier molecular flexibility index (Phi) is 2.78. The summed E-state index contributed by atoms with van der Waals surface area (Å²) >= 11 is 5.88. The van der Waals surface area contributed by atoms with E-state index in [9.17, 15) is 4.79 Å². The largest absolute Gasteiger partial charge is 0.495 e. The van der Waals surface area contributed by atoms with Crippen molar-refractivity contribution in [1.82, 2.24) is 0 Å². The van der Waals surface area contributed by atoms with Gasteiger partial charge in [0.2, 0.25) is 0 Å².